The van der Waals surface area contributed by atoms with Crippen LogP contribution in [-0.2, 0) is 6.54 Å². The van der Waals surface area contributed by atoms with Crippen molar-refractivity contribution < 1.29 is 4.42 Å². The second-order valence-electron chi connectivity index (χ2n) is 6.44. The van der Waals surface area contributed by atoms with Crippen LogP contribution < -0.4 is 5.73 Å². The quantitative estimate of drug-likeness (QED) is 0.903. The van der Waals surface area contributed by atoms with Gasteiger partial charge < -0.3 is 10.2 Å². The second kappa shape index (κ2) is 6.17. The molecule has 1 unspecified atom stereocenters. The number of halogens is 2. The van der Waals surface area contributed by atoms with E-state index in [0.29, 0.717) is 5.22 Å². The molecule has 0 amide bonds. The second-order valence-corrected chi connectivity index (χ2v) is 6.79. The van der Waals surface area contributed by atoms with Crippen LogP contribution in [0.15, 0.2) is 28.7 Å². The predicted octanol–water partition coefficient (Wildman–Crippen LogP) is 4.07. The van der Waals surface area contributed by atoms with Crippen LogP contribution in [0, 0.1) is 5.41 Å². The Labute approximate surface area is 136 Å². The molecule has 1 aliphatic rings. The van der Waals surface area contributed by atoms with E-state index >= 15 is 0 Å². The highest BCUT2D eigenvalue weighted by Gasteiger charge is 2.33. The molecule has 2 heterocycles. The Balaban J connectivity index is 0.00000161. The minimum absolute atomic E-state index is 0. The molecule has 3 nitrogen and oxygen atoms in total. The van der Waals surface area contributed by atoms with Crippen LogP contribution in [0.25, 0.3) is 11.0 Å². The largest absolute Gasteiger partial charge is 0.444 e. The van der Waals surface area contributed by atoms with E-state index in [1.54, 1.807) is 0 Å². The molecule has 0 spiro atoms. The molecule has 1 saturated heterocycles. The Kier molecular flexibility index (Phi) is 4.89. The van der Waals surface area contributed by atoms with Crippen LogP contribution in [0.3, 0.4) is 0 Å². The van der Waals surface area contributed by atoms with Crippen LogP contribution in [0.2, 0.25) is 5.22 Å². The average Bonchev–Trinajstić information content (AvgIpc) is 2.70. The fourth-order valence-electron chi connectivity index (χ4n) is 3.06. The van der Waals surface area contributed by atoms with E-state index < -0.39 is 0 Å². The Morgan fingerprint density at radius 3 is 2.81 bits per heavy atom. The summed E-state index contributed by atoms with van der Waals surface area (Å²) in [6.45, 7) is 7.30. The van der Waals surface area contributed by atoms with Crippen molar-refractivity contribution in [2.75, 3.05) is 13.1 Å². The first-order chi connectivity index (χ1) is 9.47. The van der Waals surface area contributed by atoms with Crippen molar-refractivity contribution >= 4 is 35.0 Å². The van der Waals surface area contributed by atoms with Crippen molar-refractivity contribution in [3.63, 3.8) is 0 Å². The summed E-state index contributed by atoms with van der Waals surface area (Å²) in [4.78, 5) is 2.42. The number of furan rings is 1. The summed E-state index contributed by atoms with van der Waals surface area (Å²) in [7, 11) is 0. The van der Waals surface area contributed by atoms with Gasteiger partial charge in [-0.2, -0.15) is 0 Å². The lowest BCUT2D eigenvalue weighted by molar-refractivity contribution is 0.0900. The highest BCUT2D eigenvalue weighted by Crippen LogP contribution is 2.33. The van der Waals surface area contributed by atoms with Gasteiger partial charge in [0.15, 0.2) is 5.22 Å². The van der Waals surface area contributed by atoms with Crippen LogP contribution in [0.1, 0.15) is 25.8 Å². The minimum Gasteiger partial charge on any atom is -0.444 e. The van der Waals surface area contributed by atoms with Crippen LogP contribution in [0.4, 0.5) is 0 Å². The number of nitrogens with two attached hydrogens (primary N) is 1. The number of benzene rings is 1. The van der Waals surface area contributed by atoms with Gasteiger partial charge in [0.05, 0.1) is 0 Å². The fourth-order valence-corrected chi connectivity index (χ4v) is 3.30. The molecule has 1 aromatic heterocycles. The zero-order valence-electron chi connectivity index (χ0n) is 12.4. The molecule has 1 atom stereocenters. The standard InChI is InChI=1S/C16H21ClN2O.ClH/c1-16(2)10-19(8-7-14(16)18)9-12-11-5-3-4-6-13(11)20-15(12)17;/h3-6,14H,7-10,18H2,1-2H3;1H. The lowest BCUT2D eigenvalue weighted by Crippen LogP contribution is -2.52. The molecule has 21 heavy (non-hydrogen) atoms. The summed E-state index contributed by atoms with van der Waals surface area (Å²) in [5.74, 6) is 0. The van der Waals surface area contributed by atoms with E-state index in [-0.39, 0.29) is 23.9 Å². The number of hydrogen-bond donors (Lipinski definition) is 1. The highest BCUT2D eigenvalue weighted by molar-refractivity contribution is 6.30. The maximum Gasteiger partial charge on any atom is 0.199 e. The van der Waals surface area contributed by atoms with Gasteiger partial charge in [0.1, 0.15) is 5.58 Å². The van der Waals surface area contributed by atoms with Crippen molar-refractivity contribution in [3.05, 3.63) is 35.0 Å². The molecular formula is C16H22Cl2N2O. The number of likely N-dealkylation sites (tertiary alicyclic amines) is 1. The van der Waals surface area contributed by atoms with Gasteiger partial charge in [0.2, 0.25) is 0 Å². The van der Waals surface area contributed by atoms with Gasteiger partial charge in [0.25, 0.3) is 0 Å². The maximum absolute atomic E-state index is 6.27. The van der Waals surface area contributed by atoms with Crippen molar-refractivity contribution in [3.8, 4) is 0 Å². The highest BCUT2D eigenvalue weighted by atomic mass is 35.5. The minimum atomic E-state index is 0. The van der Waals surface area contributed by atoms with Crippen molar-refractivity contribution in [2.45, 2.75) is 32.9 Å². The van der Waals surface area contributed by atoms with E-state index in [1.165, 1.54) is 0 Å². The summed E-state index contributed by atoms with van der Waals surface area (Å²) in [5, 5.41) is 1.63. The Hall–Kier alpha value is -0.740. The lowest BCUT2D eigenvalue weighted by Gasteiger charge is -2.42. The van der Waals surface area contributed by atoms with E-state index in [0.717, 1.165) is 42.6 Å². The van der Waals surface area contributed by atoms with Gasteiger partial charge in [-0.1, -0.05) is 32.0 Å². The van der Waals surface area contributed by atoms with Gasteiger partial charge in [-0.05, 0) is 29.5 Å². The summed E-state index contributed by atoms with van der Waals surface area (Å²) in [6, 6.07) is 8.29. The third-order valence-corrected chi connectivity index (χ3v) is 4.73. The molecule has 1 fully saturated rings. The van der Waals surface area contributed by atoms with Gasteiger partial charge in [-0.15, -0.1) is 12.4 Å². The van der Waals surface area contributed by atoms with E-state index in [2.05, 4.69) is 24.8 Å². The third-order valence-electron chi connectivity index (χ3n) is 4.42. The van der Waals surface area contributed by atoms with E-state index in [1.807, 2.05) is 18.2 Å². The Bertz CT molecular complexity index is 624. The molecular weight excluding hydrogens is 307 g/mol. The third kappa shape index (κ3) is 3.21. The van der Waals surface area contributed by atoms with Gasteiger partial charge in [-0.3, -0.25) is 4.90 Å². The van der Waals surface area contributed by atoms with Crippen molar-refractivity contribution in [2.24, 2.45) is 11.1 Å². The number of fused-ring (bicyclic) bond motifs is 1. The molecule has 0 radical (unpaired) electrons. The molecule has 0 saturated carbocycles. The number of para-hydroxylation sites is 1. The lowest BCUT2D eigenvalue weighted by atomic mass is 9.79. The smallest absolute Gasteiger partial charge is 0.199 e. The first-order valence-corrected chi connectivity index (χ1v) is 7.49. The molecule has 5 heteroatoms. The van der Waals surface area contributed by atoms with E-state index in [4.69, 9.17) is 21.8 Å². The van der Waals surface area contributed by atoms with E-state index in [9.17, 15) is 0 Å². The van der Waals surface area contributed by atoms with Crippen LogP contribution >= 0.6 is 24.0 Å². The molecule has 1 aliphatic heterocycles. The molecule has 3 rings (SSSR count). The predicted molar refractivity (Wildman–Crippen MR) is 90.1 cm³/mol. The summed E-state index contributed by atoms with van der Waals surface area (Å²) < 4.78 is 5.63. The fraction of sp³-hybridized carbons (Fsp3) is 0.500. The zero-order chi connectivity index (χ0) is 14.3. The molecule has 116 valence electrons. The zero-order valence-corrected chi connectivity index (χ0v) is 14.0. The average molecular weight is 329 g/mol. The van der Waals surface area contributed by atoms with Gasteiger partial charge in [-0.25, -0.2) is 0 Å². The molecule has 0 bridgehead atoms. The number of rotatable bonds is 2. The van der Waals surface area contributed by atoms with Crippen LogP contribution in [0.5, 0.6) is 0 Å². The van der Waals surface area contributed by atoms with Crippen molar-refractivity contribution in [1.82, 2.24) is 4.90 Å². The Morgan fingerprint density at radius 2 is 2.10 bits per heavy atom. The monoisotopic (exact) mass is 328 g/mol. The topological polar surface area (TPSA) is 42.4 Å². The Morgan fingerprint density at radius 1 is 1.38 bits per heavy atom. The summed E-state index contributed by atoms with van der Waals surface area (Å²) >= 11 is 6.27. The molecule has 2 N–H and O–H groups in total. The number of piperidine rings is 1. The van der Waals surface area contributed by atoms with Crippen LogP contribution in [-0.4, -0.2) is 24.0 Å². The first kappa shape index (κ1) is 16.6. The SMILES string of the molecule is CC1(C)CN(Cc2c(Cl)oc3ccccc23)CCC1N.Cl. The molecule has 1 aromatic carbocycles. The summed E-state index contributed by atoms with van der Waals surface area (Å²) in [6.07, 6.45) is 1.03. The normalized spacial score (nSPS) is 22.2. The molecule has 2 aromatic rings. The number of nitrogens with zero attached hydrogens (tertiary/aromatic N) is 1. The van der Waals surface area contributed by atoms with Gasteiger partial charge in [0, 0.05) is 36.6 Å². The molecule has 0 aliphatic carbocycles. The van der Waals surface area contributed by atoms with Crippen molar-refractivity contribution in [1.29, 1.82) is 0 Å². The van der Waals surface area contributed by atoms with Gasteiger partial charge >= 0.3 is 0 Å². The maximum atomic E-state index is 6.27. The number of hydrogen-bond acceptors (Lipinski definition) is 3. The first-order valence-electron chi connectivity index (χ1n) is 7.11. The summed E-state index contributed by atoms with van der Waals surface area (Å²) in [5.41, 5.74) is 8.29.